The summed E-state index contributed by atoms with van der Waals surface area (Å²) in [6.07, 6.45) is 4.36. The molecule has 0 bridgehead atoms. The molecule has 4 rings (SSSR count). The van der Waals surface area contributed by atoms with Crippen LogP contribution in [0, 0.1) is 5.92 Å². The largest absolute Gasteiger partial charge is 0.497 e. The highest BCUT2D eigenvalue weighted by atomic mass is 16.5. The molecule has 5 nitrogen and oxygen atoms in total. The number of carbonyl (C=O) groups is 1. The number of methoxy groups -OCH3 is 1. The normalized spacial score (nSPS) is 17.4. The Labute approximate surface area is 184 Å². The van der Waals surface area contributed by atoms with Crippen molar-refractivity contribution in [3.63, 3.8) is 0 Å². The first-order chi connectivity index (χ1) is 15.1. The summed E-state index contributed by atoms with van der Waals surface area (Å²) in [4.78, 5) is 21.3. The van der Waals surface area contributed by atoms with Gasteiger partial charge in [0, 0.05) is 45.6 Å². The van der Waals surface area contributed by atoms with Crippen molar-refractivity contribution in [2.45, 2.75) is 13.0 Å². The summed E-state index contributed by atoms with van der Waals surface area (Å²) >= 11 is 0. The van der Waals surface area contributed by atoms with Crippen LogP contribution in [0.2, 0.25) is 0 Å². The fourth-order valence-electron chi connectivity index (χ4n) is 4.14. The molecule has 1 fully saturated rings. The van der Waals surface area contributed by atoms with Gasteiger partial charge < -0.3 is 9.64 Å². The number of amides is 1. The monoisotopic (exact) mass is 415 g/mol. The Kier molecular flexibility index (Phi) is 6.63. The number of nitrogens with zero attached hydrogens (tertiary/aromatic N) is 3. The van der Waals surface area contributed by atoms with Crippen molar-refractivity contribution >= 4 is 5.91 Å². The summed E-state index contributed by atoms with van der Waals surface area (Å²) in [5.41, 5.74) is 4.74. The van der Waals surface area contributed by atoms with E-state index >= 15 is 0 Å². The van der Waals surface area contributed by atoms with Crippen LogP contribution in [-0.4, -0.2) is 54.5 Å². The SMILES string of the molecule is COc1ccc(CN2CCN(C)C(=O)C(Cc3ccc(-c4ccncc4)cc3)C2)cc1. The lowest BCUT2D eigenvalue weighted by Crippen LogP contribution is -2.34. The second-order valence-corrected chi connectivity index (χ2v) is 8.18. The Hall–Kier alpha value is -3.18. The van der Waals surface area contributed by atoms with E-state index in [1.54, 1.807) is 19.5 Å². The van der Waals surface area contributed by atoms with Crippen molar-refractivity contribution in [2.75, 3.05) is 33.8 Å². The molecule has 1 aromatic heterocycles. The molecule has 0 spiro atoms. The topological polar surface area (TPSA) is 45.7 Å². The van der Waals surface area contributed by atoms with Crippen LogP contribution in [0.5, 0.6) is 5.75 Å². The van der Waals surface area contributed by atoms with E-state index in [2.05, 4.69) is 46.3 Å². The van der Waals surface area contributed by atoms with Crippen molar-refractivity contribution in [3.8, 4) is 16.9 Å². The molecule has 2 heterocycles. The first-order valence-corrected chi connectivity index (χ1v) is 10.7. The molecule has 31 heavy (non-hydrogen) atoms. The number of hydrogen-bond acceptors (Lipinski definition) is 4. The summed E-state index contributed by atoms with van der Waals surface area (Å²) in [6, 6.07) is 20.7. The van der Waals surface area contributed by atoms with Gasteiger partial charge in [-0.25, -0.2) is 0 Å². The van der Waals surface area contributed by atoms with E-state index < -0.39 is 0 Å². The van der Waals surface area contributed by atoms with Gasteiger partial charge in [-0.05, 0) is 52.9 Å². The Bertz CT molecular complexity index is 987. The van der Waals surface area contributed by atoms with Gasteiger partial charge in [0.25, 0.3) is 0 Å². The van der Waals surface area contributed by atoms with Gasteiger partial charge in [0.1, 0.15) is 5.75 Å². The van der Waals surface area contributed by atoms with Crippen molar-refractivity contribution in [2.24, 2.45) is 5.92 Å². The van der Waals surface area contributed by atoms with E-state index in [1.807, 2.05) is 36.2 Å². The van der Waals surface area contributed by atoms with Gasteiger partial charge in [0.2, 0.25) is 5.91 Å². The van der Waals surface area contributed by atoms with Gasteiger partial charge in [-0.15, -0.1) is 0 Å². The van der Waals surface area contributed by atoms with E-state index in [0.717, 1.165) is 49.5 Å². The number of likely N-dealkylation sites (N-methyl/N-ethyl adjacent to an activating group) is 1. The minimum absolute atomic E-state index is 0.0440. The van der Waals surface area contributed by atoms with Gasteiger partial charge in [-0.3, -0.25) is 14.7 Å². The average molecular weight is 416 g/mol. The summed E-state index contributed by atoms with van der Waals surface area (Å²) in [5.74, 6) is 1.05. The smallest absolute Gasteiger partial charge is 0.227 e. The summed E-state index contributed by atoms with van der Waals surface area (Å²) < 4.78 is 5.26. The number of benzene rings is 2. The Morgan fingerprint density at radius 1 is 0.903 bits per heavy atom. The predicted octanol–water partition coefficient (Wildman–Crippen LogP) is 3.89. The molecule has 3 aromatic rings. The molecule has 0 aliphatic carbocycles. The summed E-state index contributed by atoms with van der Waals surface area (Å²) in [5, 5.41) is 0. The van der Waals surface area contributed by atoms with E-state index in [0.29, 0.717) is 0 Å². The van der Waals surface area contributed by atoms with Crippen LogP contribution >= 0.6 is 0 Å². The fraction of sp³-hybridized carbons (Fsp3) is 0.308. The second-order valence-electron chi connectivity index (χ2n) is 8.18. The lowest BCUT2D eigenvalue weighted by molar-refractivity contribution is -0.133. The highest BCUT2D eigenvalue weighted by molar-refractivity contribution is 5.79. The van der Waals surface area contributed by atoms with Crippen LogP contribution in [0.4, 0.5) is 0 Å². The van der Waals surface area contributed by atoms with E-state index in [9.17, 15) is 4.79 Å². The molecular weight excluding hydrogens is 386 g/mol. The van der Waals surface area contributed by atoms with Crippen molar-refractivity contribution in [1.82, 2.24) is 14.8 Å². The minimum Gasteiger partial charge on any atom is -0.497 e. The lowest BCUT2D eigenvalue weighted by atomic mass is 9.96. The number of aromatic nitrogens is 1. The third-order valence-electron chi connectivity index (χ3n) is 5.97. The third-order valence-corrected chi connectivity index (χ3v) is 5.97. The first kappa shape index (κ1) is 21.1. The molecule has 1 aliphatic rings. The molecule has 1 amide bonds. The number of ether oxygens (including phenoxy) is 1. The molecule has 0 radical (unpaired) electrons. The van der Waals surface area contributed by atoms with Crippen molar-refractivity contribution in [1.29, 1.82) is 0 Å². The highest BCUT2D eigenvalue weighted by Crippen LogP contribution is 2.22. The molecule has 1 saturated heterocycles. The van der Waals surface area contributed by atoms with Crippen molar-refractivity contribution in [3.05, 3.63) is 84.2 Å². The number of rotatable bonds is 6. The molecule has 1 aliphatic heterocycles. The zero-order valence-corrected chi connectivity index (χ0v) is 18.2. The quantitative estimate of drug-likeness (QED) is 0.613. The van der Waals surface area contributed by atoms with Gasteiger partial charge in [-0.1, -0.05) is 36.4 Å². The molecule has 5 heteroatoms. The van der Waals surface area contributed by atoms with Crippen LogP contribution in [0.1, 0.15) is 11.1 Å². The minimum atomic E-state index is -0.0440. The van der Waals surface area contributed by atoms with Gasteiger partial charge in [0.05, 0.1) is 13.0 Å². The zero-order chi connectivity index (χ0) is 21.6. The Balaban J connectivity index is 1.45. The zero-order valence-electron chi connectivity index (χ0n) is 18.2. The fourth-order valence-corrected chi connectivity index (χ4v) is 4.14. The standard InChI is InChI=1S/C26H29N3O2/c1-28-15-16-29(18-21-5-9-25(31-2)10-6-21)19-24(26(28)30)17-20-3-7-22(8-4-20)23-11-13-27-14-12-23/h3-14,24H,15-19H2,1-2H3. The van der Waals surface area contributed by atoms with Gasteiger partial charge in [-0.2, -0.15) is 0 Å². The maximum absolute atomic E-state index is 13.0. The van der Waals surface area contributed by atoms with Gasteiger partial charge >= 0.3 is 0 Å². The molecule has 1 atom stereocenters. The third kappa shape index (κ3) is 5.30. The molecule has 160 valence electrons. The molecular formula is C26H29N3O2. The van der Waals surface area contributed by atoms with Crippen LogP contribution < -0.4 is 4.74 Å². The maximum atomic E-state index is 13.0. The van der Waals surface area contributed by atoms with Crippen molar-refractivity contribution < 1.29 is 9.53 Å². The first-order valence-electron chi connectivity index (χ1n) is 10.7. The molecule has 0 N–H and O–H groups in total. The number of pyridine rings is 1. The van der Waals surface area contributed by atoms with Crippen LogP contribution in [0.15, 0.2) is 73.1 Å². The second kappa shape index (κ2) is 9.75. The Morgan fingerprint density at radius 3 is 2.23 bits per heavy atom. The van der Waals surface area contributed by atoms with E-state index in [4.69, 9.17) is 4.74 Å². The molecule has 2 aromatic carbocycles. The summed E-state index contributed by atoms with van der Waals surface area (Å²) in [7, 11) is 3.60. The molecule has 0 saturated carbocycles. The number of hydrogen-bond donors (Lipinski definition) is 0. The van der Waals surface area contributed by atoms with E-state index in [-0.39, 0.29) is 11.8 Å². The van der Waals surface area contributed by atoms with Gasteiger partial charge in [0.15, 0.2) is 0 Å². The van der Waals surface area contributed by atoms with Crippen LogP contribution in [0.25, 0.3) is 11.1 Å². The lowest BCUT2D eigenvalue weighted by Gasteiger charge is -2.23. The molecule has 1 unspecified atom stereocenters. The van der Waals surface area contributed by atoms with Crippen LogP contribution in [-0.2, 0) is 17.8 Å². The summed E-state index contributed by atoms with van der Waals surface area (Å²) in [6.45, 7) is 3.24. The predicted molar refractivity (Wildman–Crippen MR) is 123 cm³/mol. The number of carbonyl (C=O) groups excluding carboxylic acids is 1. The van der Waals surface area contributed by atoms with Crippen LogP contribution in [0.3, 0.4) is 0 Å². The van der Waals surface area contributed by atoms with E-state index in [1.165, 1.54) is 11.1 Å². The average Bonchev–Trinajstić information content (AvgIpc) is 2.94. The highest BCUT2D eigenvalue weighted by Gasteiger charge is 2.28. The maximum Gasteiger partial charge on any atom is 0.227 e. The Morgan fingerprint density at radius 2 is 1.55 bits per heavy atom.